The van der Waals surface area contributed by atoms with E-state index >= 15 is 0 Å². The molecule has 2 heteroatoms. The largest absolute Gasteiger partial charge is 0.256 e. The maximum Gasteiger partial charge on any atom is 0.0992 e. The highest BCUT2D eigenvalue weighted by Gasteiger charge is 2.08. The van der Waals surface area contributed by atoms with Gasteiger partial charge in [0.1, 0.15) is 0 Å². The van der Waals surface area contributed by atoms with E-state index in [1.807, 2.05) is 54.7 Å². The van der Waals surface area contributed by atoms with Gasteiger partial charge in [-0.05, 0) is 75.8 Å². The molecule has 0 atom stereocenters. The van der Waals surface area contributed by atoms with Crippen molar-refractivity contribution in [3.63, 3.8) is 0 Å². The molecular formula is C30H20N2. The molecule has 0 saturated heterocycles. The third kappa shape index (κ3) is 4.05. The molecule has 5 rings (SSSR count). The molecule has 150 valence electrons. The van der Waals surface area contributed by atoms with Crippen LogP contribution in [0.3, 0.4) is 0 Å². The van der Waals surface area contributed by atoms with Crippen molar-refractivity contribution in [3.8, 4) is 50.7 Å². The molecule has 1 heterocycles. The Bertz CT molecular complexity index is 1410. The van der Waals surface area contributed by atoms with E-state index in [0.717, 1.165) is 44.6 Å². The zero-order valence-corrected chi connectivity index (χ0v) is 17.4. The van der Waals surface area contributed by atoms with Gasteiger partial charge in [0.2, 0.25) is 0 Å². The van der Waals surface area contributed by atoms with Crippen molar-refractivity contribution < 1.29 is 0 Å². The quantitative estimate of drug-likeness (QED) is 0.307. The molecule has 0 aliphatic heterocycles. The van der Waals surface area contributed by atoms with E-state index in [4.69, 9.17) is 0 Å². The summed E-state index contributed by atoms with van der Waals surface area (Å²) in [5.41, 5.74) is 9.23. The molecule has 0 bridgehead atoms. The van der Waals surface area contributed by atoms with Crippen LogP contribution in [0.2, 0.25) is 0 Å². The first-order chi connectivity index (χ1) is 15.8. The molecule has 0 N–H and O–H groups in total. The molecule has 0 fully saturated rings. The monoisotopic (exact) mass is 408 g/mol. The van der Waals surface area contributed by atoms with Crippen LogP contribution < -0.4 is 0 Å². The average Bonchev–Trinajstić information content (AvgIpc) is 2.89. The number of pyridine rings is 1. The van der Waals surface area contributed by atoms with Crippen molar-refractivity contribution in [2.75, 3.05) is 0 Å². The summed E-state index contributed by atoms with van der Waals surface area (Å²) in [4.78, 5) is 4.48. The van der Waals surface area contributed by atoms with Crippen molar-refractivity contribution >= 4 is 0 Å². The van der Waals surface area contributed by atoms with Gasteiger partial charge >= 0.3 is 0 Å². The van der Waals surface area contributed by atoms with Gasteiger partial charge in [0.05, 0.1) is 17.3 Å². The van der Waals surface area contributed by atoms with E-state index in [9.17, 15) is 5.26 Å². The van der Waals surface area contributed by atoms with Crippen LogP contribution in [0.1, 0.15) is 5.56 Å². The number of hydrogen-bond donors (Lipinski definition) is 0. The highest BCUT2D eigenvalue weighted by molar-refractivity contribution is 5.79. The minimum atomic E-state index is 0.656. The summed E-state index contributed by atoms with van der Waals surface area (Å²) >= 11 is 0. The van der Waals surface area contributed by atoms with Gasteiger partial charge in [-0.2, -0.15) is 5.26 Å². The predicted octanol–water partition coefficient (Wildman–Crippen LogP) is 7.62. The van der Waals surface area contributed by atoms with Crippen LogP contribution in [-0.4, -0.2) is 4.98 Å². The highest BCUT2D eigenvalue weighted by atomic mass is 14.7. The smallest absolute Gasteiger partial charge is 0.0992 e. The molecule has 0 radical (unpaired) electrons. The second kappa shape index (κ2) is 8.71. The minimum absolute atomic E-state index is 0.656. The van der Waals surface area contributed by atoms with E-state index in [2.05, 4.69) is 77.8 Å². The predicted molar refractivity (Wildman–Crippen MR) is 131 cm³/mol. The molecule has 5 aromatic rings. The average molecular weight is 409 g/mol. The summed E-state index contributed by atoms with van der Waals surface area (Å²) in [5.74, 6) is 0. The standard InChI is InChI=1S/C30H20N2/c31-21-22-16-28(23-8-2-1-3-9-23)20-29(17-22)26-12-6-10-24(18-26)25-11-7-13-27(19-25)30-14-4-5-15-32-30/h1-20H. The van der Waals surface area contributed by atoms with E-state index < -0.39 is 0 Å². The van der Waals surface area contributed by atoms with Gasteiger partial charge in [-0.1, -0.05) is 72.8 Å². The third-order valence-corrected chi connectivity index (χ3v) is 5.52. The second-order valence-corrected chi connectivity index (χ2v) is 7.65. The molecule has 0 amide bonds. The first-order valence-electron chi connectivity index (χ1n) is 10.5. The first-order valence-corrected chi connectivity index (χ1v) is 10.5. The molecule has 0 aliphatic rings. The van der Waals surface area contributed by atoms with Gasteiger partial charge in [0.25, 0.3) is 0 Å². The Morgan fingerprint density at radius 3 is 1.66 bits per heavy atom. The molecular weight excluding hydrogens is 388 g/mol. The summed E-state index contributed by atoms with van der Waals surface area (Å²) in [6.07, 6.45) is 1.81. The van der Waals surface area contributed by atoms with E-state index in [1.54, 1.807) is 0 Å². The molecule has 4 aromatic carbocycles. The first kappa shape index (κ1) is 19.5. The number of rotatable bonds is 4. The van der Waals surface area contributed by atoms with Crippen molar-refractivity contribution in [1.82, 2.24) is 4.98 Å². The van der Waals surface area contributed by atoms with Gasteiger partial charge in [0, 0.05) is 11.8 Å². The Balaban J connectivity index is 1.56. The van der Waals surface area contributed by atoms with Crippen molar-refractivity contribution in [3.05, 3.63) is 127 Å². The van der Waals surface area contributed by atoms with Crippen molar-refractivity contribution in [1.29, 1.82) is 5.26 Å². The fourth-order valence-corrected chi connectivity index (χ4v) is 3.93. The van der Waals surface area contributed by atoms with Gasteiger partial charge in [-0.3, -0.25) is 4.98 Å². The molecule has 2 nitrogen and oxygen atoms in total. The zero-order valence-electron chi connectivity index (χ0n) is 17.4. The summed E-state index contributed by atoms with van der Waals surface area (Å²) in [5, 5.41) is 9.60. The van der Waals surface area contributed by atoms with E-state index in [1.165, 1.54) is 0 Å². The third-order valence-electron chi connectivity index (χ3n) is 5.52. The summed E-state index contributed by atoms with van der Waals surface area (Å²) < 4.78 is 0. The normalized spacial score (nSPS) is 10.5. The lowest BCUT2D eigenvalue weighted by Gasteiger charge is -2.10. The van der Waals surface area contributed by atoms with Crippen LogP contribution in [0, 0.1) is 11.3 Å². The van der Waals surface area contributed by atoms with Gasteiger partial charge in [-0.15, -0.1) is 0 Å². The number of benzene rings is 4. The van der Waals surface area contributed by atoms with Crippen LogP contribution in [0.15, 0.2) is 121 Å². The Hall–Kier alpha value is -4.48. The fraction of sp³-hybridized carbons (Fsp3) is 0. The summed E-state index contributed by atoms with van der Waals surface area (Å²) in [6.45, 7) is 0. The fourth-order valence-electron chi connectivity index (χ4n) is 3.93. The minimum Gasteiger partial charge on any atom is -0.256 e. The van der Waals surface area contributed by atoms with Gasteiger partial charge in [0.15, 0.2) is 0 Å². The molecule has 0 saturated carbocycles. The number of aromatic nitrogens is 1. The van der Waals surface area contributed by atoms with Crippen LogP contribution in [0.4, 0.5) is 0 Å². The summed E-state index contributed by atoms with van der Waals surface area (Å²) in [6, 6.07) is 41.4. The van der Waals surface area contributed by atoms with Crippen LogP contribution >= 0.6 is 0 Å². The zero-order chi connectivity index (χ0) is 21.8. The lowest BCUT2D eigenvalue weighted by molar-refractivity contribution is 1.33. The van der Waals surface area contributed by atoms with E-state index in [-0.39, 0.29) is 0 Å². The molecule has 32 heavy (non-hydrogen) atoms. The van der Waals surface area contributed by atoms with E-state index in [0.29, 0.717) is 5.56 Å². The maximum atomic E-state index is 9.60. The Labute approximate surface area is 188 Å². The molecule has 0 spiro atoms. The Morgan fingerprint density at radius 2 is 1.00 bits per heavy atom. The van der Waals surface area contributed by atoms with Crippen molar-refractivity contribution in [2.45, 2.75) is 0 Å². The van der Waals surface area contributed by atoms with Crippen LogP contribution in [0.5, 0.6) is 0 Å². The Morgan fingerprint density at radius 1 is 0.469 bits per heavy atom. The second-order valence-electron chi connectivity index (χ2n) is 7.65. The van der Waals surface area contributed by atoms with Crippen molar-refractivity contribution in [2.24, 2.45) is 0 Å². The topological polar surface area (TPSA) is 36.7 Å². The highest BCUT2D eigenvalue weighted by Crippen LogP contribution is 2.32. The number of nitrogens with zero attached hydrogens (tertiary/aromatic N) is 2. The van der Waals surface area contributed by atoms with Gasteiger partial charge in [-0.25, -0.2) is 0 Å². The lowest BCUT2D eigenvalue weighted by Crippen LogP contribution is -1.87. The number of nitriles is 1. The maximum absolute atomic E-state index is 9.60. The Kier molecular flexibility index (Phi) is 5.31. The van der Waals surface area contributed by atoms with Gasteiger partial charge < -0.3 is 0 Å². The molecule has 1 aromatic heterocycles. The summed E-state index contributed by atoms with van der Waals surface area (Å²) in [7, 11) is 0. The SMILES string of the molecule is N#Cc1cc(-c2ccccc2)cc(-c2cccc(-c3cccc(-c4ccccn4)c3)c2)c1. The molecule has 0 aliphatic carbocycles. The van der Waals surface area contributed by atoms with Crippen LogP contribution in [-0.2, 0) is 0 Å². The number of hydrogen-bond acceptors (Lipinski definition) is 2. The lowest BCUT2D eigenvalue weighted by atomic mass is 9.94. The molecule has 0 unspecified atom stereocenters. The van der Waals surface area contributed by atoms with Crippen LogP contribution in [0.25, 0.3) is 44.6 Å².